The zero-order valence-electron chi connectivity index (χ0n) is 19.3. The molecule has 2 aliphatic heterocycles. The van der Waals surface area contributed by atoms with Crippen LogP contribution in [0.4, 0.5) is 18.0 Å². The Morgan fingerprint density at radius 3 is 2.56 bits per heavy atom. The molecule has 0 N–H and O–H groups in total. The van der Waals surface area contributed by atoms with Crippen molar-refractivity contribution in [3.8, 4) is 23.2 Å². The summed E-state index contributed by atoms with van der Waals surface area (Å²) in [7, 11) is 1.66. The minimum Gasteiger partial charge on any atom is -0.483 e. The van der Waals surface area contributed by atoms with Gasteiger partial charge < -0.3 is 9.64 Å². The zero-order valence-corrected chi connectivity index (χ0v) is 19.3. The van der Waals surface area contributed by atoms with E-state index in [-0.39, 0.29) is 24.5 Å². The van der Waals surface area contributed by atoms with Crippen molar-refractivity contribution in [3.05, 3.63) is 64.7 Å². The summed E-state index contributed by atoms with van der Waals surface area (Å²) < 4.78 is 49.1. The molecular formula is C24H20F3N7O2. The average molecular weight is 495 g/mol. The largest absolute Gasteiger partial charge is 0.483 e. The standard InChI is InChI=1S/C24H20F3N7O2/c1-13-20(9-28)31-32(2)23(13)19-8-22(18(27)10-29-19)36-17-11-33(12-17)24(35)34-21(3-4-30-34)14-5-15(25)7-16(26)6-14/h4-8,10,17,21H,3,11-12H2,1-2H3. The molecule has 0 spiro atoms. The molecule has 4 heterocycles. The van der Waals surface area contributed by atoms with Gasteiger partial charge in [0, 0.05) is 37.4 Å². The van der Waals surface area contributed by atoms with Crippen LogP contribution in [0.2, 0.25) is 0 Å². The van der Waals surface area contributed by atoms with Crippen LogP contribution >= 0.6 is 0 Å². The number of ether oxygens (including phenoxy) is 1. The van der Waals surface area contributed by atoms with Gasteiger partial charge in [-0.2, -0.15) is 15.5 Å². The van der Waals surface area contributed by atoms with E-state index in [1.165, 1.54) is 39.0 Å². The zero-order chi connectivity index (χ0) is 25.6. The Bertz CT molecular complexity index is 1410. The first-order chi connectivity index (χ1) is 17.2. The highest BCUT2D eigenvalue weighted by atomic mass is 19.1. The van der Waals surface area contributed by atoms with Gasteiger partial charge in [0.05, 0.1) is 36.7 Å². The van der Waals surface area contributed by atoms with Crippen LogP contribution in [0.25, 0.3) is 11.4 Å². The first kappa shape index (κ1) is 23.3. The molecule has 2 aromatic heterocycles. The highest BCUT2D eigenvalue weighted by molar-refractivity contribution is 5.79. The van der Waals surface area contributed by atoms with E-state index in [2.05, 4.69) is 15.2 Å². The maximum absolute atomic E-state index is 14.5. The molecule has 1 aromatic carbocycles. The third-order valence-electron chi connectivity index (χ3n) is 6.16. The van der Waals surface area contributed by atoms with Crippen molar-refractivity contribution in [2.24, 2.45) is 12.1 Å². The van der Waals surface area contributed by atoms with Crippen LogP contribution in [0.15, 0.2) is 35.6 Å². The topological polar surface area (TPSA) is 99.6 Å². The van der Waals surface area contributed by atoms with Crippen LogP contribution in [0.1, 0.15) is 29.3 Å². The SMILES string of the molecule is Cc1c(C#N)nn(C)c1-c1cc(OC2CN(C(=O)N3N=CCC3c3cc(F)cc(F)c3)C2)c(F)cn1. The van der Waals surface area contributed by atoms with E-state index in [1.54, 1.807) is 14.0 Å². The second-order valence-electron chi connectivity index (χ2n) is 8.58. The van der Waals surface area contributed by atoms with Crippen LogP contribution in [0, 0.1) is 35.7 Å². The van der Waals surface area contributed by atoms with E-state index in [9.17, 15) is 23.2 Å². The summed E-state index contributed by atoms with van der Waals surface area (Å²) in [4.78, 5) is 18.5. The second kappa shape index (κ2) is 8.99. The average Bonchev–Trinajstić information content (AvgIpc) is 3.40. The third kappa shape index (κ3) is 4.13. The molecule has 2 aliphatic rings. The summed E-state index contributed by atoms with van der Waals surface area (Å²) in [6.45, 7) is 2.08. The van der Waals surface area contributed by atoms with Crippen LogP contribution in [-0.4, -0.2) is 56.1 Å². The van der Waals surface area contributed by atoms with Gasteiger partial charge in [0.25, 0.3) is 0 Å². The number of aromatic nitrogens is 3. The molecule has 184 valence electrons. The lowest BCUT2D eigenvalue weighted by atomic mass is 10.0. The lowest BCUT2D eigenvalue weighted by Crippen LogP contribution is -2.58. The Labute approximate surface area is 204 Å². The molecule has 0 radical (unpaired) electrons. The Morgan fingerprint density at radius 2 is 1.89 bits per heavy atom. The number of halogens is 3. The number of carbonyl (C=O) groups excluding carboxylic acids is 1. The molecule has 12 heteroatoms. The highest BCUT2D eigenvalue weighted by Crippen LogP contribution is 2.33. The molecule has 3 aromatic rings. The maximum atomic E-state index is 14.5. The van der Waals surface area contributed by atoms with Gasteiger partial charge in [-0.15, -0.1) is 0 Å². The fraction of sp³-hybridized carbons (Fsp3) is 0.292. The van der Waals surface area contributed by atoms with Gasteiger partial charge in [0.2, 0.25) is 0 Å². The molecule has 9 nitrogen and oxygen atoms in total. The quantitative estimate of drug-likeness (QED) is 0.550. The molecule has 5 rings (SSSR count). The summed E-state index contributed by atoms with van der Waals surface area (Å²) >= 11 is 0. The number of amides is 2. The summed E-state index contributed by atoms with van der Waals surface area (Å²) in [5.74, 6) is -2.17. The van der Waals surface area contributed by atoms with E-state index < -0.39 is 35.6 Å². The first-order valence-corrected chi connectivity index (χ1v) is 11.1. The fourth-order valence-corrected chi connectivity index (χ4v) is 4.37. The number of aryl methyl sites for hydroxylation is 1. The monoisotopic (exact) mass is 495 g/mol. The Kier molecular flexibility index (Phi) is 5.83. The summed E-state index contributed by atoms with van der Waals surface area (Å²) in [5.41, 5.74) is 2.13. The predicted octanol–water partition coefficient (Wildman–Crippen LogP) is 3.70. The number of nitriles is 1. The van der Waals surface area contributed by atoms with Gasteiger partial charge in [0.15, 0.2) is 17.3 Å². The highest BCUT2D eigenvalue weighted by Gasteiger charge is 2.39. The molecule has 36 heavy (non-hydrogen) atoms. The number of likely N-dealkylation sites (tertiary alicyclic amines) is 1. The van der Waals surface area contributed by atoms with Crippen molar-refractivity contribution < 1.29 is 22.7 Å². The second-order valence-corrected chi connectivity index (χ2v) is 8.58. The van der Waals surface area contributed by atoms with Crippen LogP contribution < -0.4 is 4.74 Å². The molecule has 2 amide bonds. The Morgan fingerprint density at radius 1 is 1.17 bits per heavy atom. The summed E-state index contributed by atoms with van der Waals surface area (Å²) in [6.07, 6.45) is 2.41. The van der Waals surface area contributed by atoms with Crippen molar-refractivity contribution in [1.29, 1.82) is 5.26 Å². The summed E-state index contributed by atoms with van der Waals surface area (Å²) in [5, 5.41) is 18.6. The van der Waals surface area contributed by atoms with Gasteiger partial charge in [-0.05, 0) is 24.6 Å². The number of pyridine rings is 1. The third-order valence-corrected chi connectivity index (χ3v) is 6.16. The number of hydrazone groups is 1. The van der Waals surface area contributed by atoms with Gasteiger partial charge in [0.1, 0.15) is 23.8 Å². The van der Waals surface area contributed by atoms with Crippen LogP contribution in [0.3, 0.4) is 0 Å². The Hall–Kier alpha value is -4.40. The lowest BCUT2D eigenvalue weighted by molar-refractivity contribution is 0.0256. The van der Waals surface area contributed by atoms with E-state index in [0.29, 0.717) is 28.9 Å². The van der Waals surface area contributed by atoms with E-state index in [0.717, 1.165) is 12.3 Å². The van der Waals surface area contributed by atoms with Gasteiger partial charge in [-0.3, -0.25) is 9.67 Å². The number of urea groups is 1. The number of hydrogen-bond donors (Lipinski definition) is 0. The normalized spacial score (nSPS) is 17.3. The van der Waals surface area contributed by atoms with E-state index in [1.807, 2.05) is 6.07 Å². The van der Waals surface area contributed by atoms with Crippen molar-refractivity contribution >= 4 is 12.2 Å². The number of nitrogens with zero attached hydrogens (tertiary/aromatic N) is 7. The molecule has 0 bridgehead atoms. The molecule has 0 saturated carbocycles. The van der Waals surface area contributed by atoms with Gasteiger partial charge >= 0.3 is 6.03 Å². The molecule has 1 fully saturated rings. The molecular weight excluding hydrogens is 475 g/mol. The number of rotatable bonds is 4. The molecule has 0 aliphatic carbocycles. The molecule has 1 atom stereocenters. The van der Waals surface area contributed by atoms with Crippen molar-refractivity contribution in [2.75, 3.05) is 13.1 Å². The fourth-order valence-electron chi connectivity index (χ4n) is 4.37. The summed E-state index contributed by atoms with van der Waals surface area (Å²) in [6, 6.07) is 5.50. The smallest absolute Gasteiger partial charge is 0.341 e. The van der Waals surface area contributed by atoms with E-state index >= 15 is 0 Å². The number of carbonyl (C=O) groups is 1. The van der Waals surface area contributed by atoms with Gasteiger partial charge in [-0.25, -0.2) is 23.0 Å². The number of benzene rings is 1. The Balaban J connectivity index is 1.26. The van der Waals surface area contributed by atoms with Crippen molar-refractivity contribution in [1.82, 2.24) is 24.7 Å². The number of hydrogen-bond acceptors (Lipinski definition) is 6. The minimum atomic E-state index is -0.731. The van der Waals surface area contributed by atoms with E-state index in [4.69, 9.17) is 4.74 Å². The van der Waals surface area contributed by atoms with Crippen molar-refractivity contribution in [2.45, 2.75) is 25.5 Å². The minimum absolute atomic E-state index is 0.0384. The predicted molar refractivity (Wildman–Crippen MR) is 121 cm³/mol. The van der Waals surface area contributed by atoms with Crippen molar-refractivity contribution in [3.63, 3.8) is 0 Å². The van der Waals surface area contributed by atoms with Crippen LogP contribution in [-0.2, 0) is 7.05 Å². The van der Waals surface area contributed by atoms with Gasteiger partial charge in [-0.1, -0.05) is 0 Å². The molecule has 1 saturated heterocycles. The first-order valence-electron chi connectivity index (χ1n) is 11.1. The maximum Gasteiger partial charge on any atom is 0.341 e. The molecule has 1 unspecified atom stereocenters. The van der Waals surface area contributed by atoms with Crippen LogP contribution in [0.5, 0.6) is 5.75 Å². The lowest BCUT2D eigenvalue weighted by Gasteiger charge is -2.41.